The average Bonchev–Trinajstić information content (AvgIpc) is 2.28. The van der Waals surface area contributed by atoms with E-state index in [1.165, 1.54) is 38.5 Å². The Balaban J connectivity index is 2.25. The zero-order valence-corrected chi connectivity index (χ0v) is 11.6. The zero-order valence-electron chi connectivity index (χ0n) is 11.6. The van der Waals surface area contributed by atoms with Crippen molar-refractivity contribution in [2.24, 2.45) is 17.1 Å². The molecule has 1 saturated carbocycles. The van der Waals surface area contributed by atoms with E-state index in [1.807, 2.05) is 13.8 Å². The molecule has 0 spiro atoms. The molecular weight excluding hydrogens is 212 g/mol. The summed E-state index contributed by atoms with van der Waals surface area (Å²) in [6, 6.07) is 0.585. The van der Waals surface area contributed by atoms with Crippen molar-refractivity contribution in [2.45, 2.75) is 65.3 Å². The summed E-state index contributed by atoms with van der Waals surface area (Å²) in [5.74, 6) is 0.715. The fourth-order valence-corrected chi connectivity index (χ4v) is 2.55. The third-order valence-corrected chi connectivity index (χ3v) is 4.04. The van der Waals surface area contributed by atoms with Gasteiger partial charge in [0.25, 0.3) is 0 Å². The summed E-state index contributed by atoms with van der Waals surface area (Å²) in [6.45, 7) is 6.78. The van der Waals surface area contributed by atoms with Gasteiger partial charge in [0.05, 0.1) is 5.41 Å². The largest absolute Gasteiger partial charge is 0.369 e. The van der Waals surface area contributed by atoms with Gasteiger partial charge in [0.2, 0.25) is 5.91 Å². The summed E-state index contributed by atoms with van der Waals surface area (Å²) in [6.07, 6.45) is 7.85. The Hall–Kier alpha value is -0.570. The van der Waals surface area contributed by atoms with Crippen LogP contribution >= 0.6 is 0 Å². The maximum atomic E-state index is 11.2. The predicted octanol–water partition coefficient (Wildman–Crippen LogP) is 2.45. The second-order valence-corrected chi connectivity index (χ2v) is 6.14. The van der Waals surface area contributed by atoms with Gasteiger partial charge in [-0.05, 0) is 45.4 Å². The summed E-state index contributed by atoms with van der Waals surface area (Å²) in [7, 11) is 0. The second kappa shape index (κ2) is 6.39. The lowest BCUT2D eigenvalue weighted by molar-refractivity contribution is -0.125. The number of primary amides is 1. The van der Waals surface area contributed by atoms with Gasteiger partial charge in [0, 0.05) is 12.6 Å². The lowest BCUT2D eigenvalue weighted by atomic mass is 9.83. The molecule has 0 aliphatic heterocycles. The molecule has 0 aromatic rings. The van der Waals surface area contributed by atoms with Gasteiger partial charge in [-0.15, -0.1) is 0 Å². The summed E-state index contributed by atoms with van der Waals surface area (Å²) in [5, 5.41) is 3.51. The van der Waals surface area contributed by atoms with Gasteiger partial charge >= 0.3 is 0 Å². The van der Waals surface area contributed by atoms with Crippen molar-refractivity contribution in [2.75, 3.05) is 6.54 Å². The molecule has 3 N–H and O–H groups in total. The topological polar surface area (TPSA) is 55.1 Å². The van der Waals surface area contributed by atoms with Crippen LogP contribution in [0.2, 0.25) is 0 Å². The quantitative estimate of drug-likeness (QED) is 0.749. The van der Waals surface area contributed by atoms with E-state index >= 15 is 0 Å². The highest BCUT2D eigenvalue weighted by Gasteiger charge is 2.27. The Bertz CT molecular complexity index is 243. The molecule has 1 fully saturated rings. The van der Waals surface area contributed by atoms with Crippen LogP contribution in [0.25, 0.3) is 0 Å². The Morgan fingerprint density at radius 2 is 1.88 bits per heavy atom. The van der Waals surface area contributed by atoms with Crippen molar-refractivity contribution in [3.8, 4) is 0 Å². The van der Waals surface area contributed by atoms with E-state index in [4.69, 9.17) is 5.73 Å². The lowest BCUT2D eigenvalue weighted by Crippen LogP contribution is -2.44. The van der Waals surface area contributed by atoms with Crippen molar-refractivity contribution in [3.05, 3.63) is 0 Å². The Morgan fingerprint density at radius 1 is 1.29 bits per heavy atom. The molecule has 0 bridgehead atoms. The van der Waals surface area contributed by atoms with Crippen LogP contribution in [-0.4, -0.2) is 18.5 Å². The number of nitrogens with one attached hydrogen (secondary N) is 1. The van der Waals surface area contributed by atoms with E-state index in [0.717, 1.165) is 5.92 Å². The van der Waals surface area contributed by atoms with Gasteiger partial charge < -0.3 is 11.1 Å². The zero-order chi connectivity index (χ0) is 12.9. The molecule has 100 valence electrons. The minimum absolute atomic E-state index is 0.218. The van der Waals surface area contributed by atoms with Crippen LogP contribution in [0.4, 0.5) is 0 Å². The molecule has 0 heterocycles. The minimum Gasteiger partial charge on any atom is -0.369 e. The van der Waals surface area contributed by atoms with Crippen molar-refractivity contribution >= 4 is 5.91 Å². The predicted molar refractivity (Wildman–Crippen MR) is 71.6 cm³/mol. The van der Waals surface area contributed by atoms with Crippen molar-refractivity contribution in [1.29, 1.82) is 0 Å². The third-order valence-electron chi connectivity index (χ3n) is 4.04. The second-order valence-electron chi connectivity index (χ2n) is 6.14. The molecular formula is C14H28N2O. The van der Waals surface area contributed by atoms with Crippen molar-refractivity contribution in [1.82, 2.24) is 5.32 Å². The first-order chi connectivity index (χ1) is 7.95. The fourth-order valence-electron chi connectivity index (χ4n) is 2.55. The van der Waals surface area contributed by atoms with Crippen LogP contribution in [-0.2, 0) is 4.79 Å². The number of nitrogens with two attached hydrogens (primary N) is 1. The number of amides is 1. The van der Waals surface area contributed by atoms with E-state index in [2.05, 4.69) is 12.2 Å². The van der Waals surface area contributed by atoms with Gasteiger partial charge in [0.1, 0.15) is 0 Å². The first kappa shape index (κ1) is 14.5. The minimum atomic E-state index is -0.430. The van der Waals surface area contributed by atoms with Gasteiger partial charge in [-0.1, -0.05) is 19.8 Å². The third kappa shape index (κ3) is 4.66. The summed E-state index contributed by atoms with van der Waals surface area (Å²) >= 11 is 0. The summed E-state index contributed by atoms with van der Waals surface area (Å²) < 4.78 is 0. The number of hydrogen-bond acceptors (Lipinski definition) is 2. The molecule has 0 unspecified atom stereocenters. The maximum absolute atomic E-state index is 11.2. The lowest BCUT2D eigenvalue weighted by Gasteiger charge is -2.31. The highest BCUT2D eigenvalue weighted by Crippen LogP contribution is 2.28. The monoisotopic (exact) mass is 240 g/mol. The number of carbonyl (C=O) groups excluding carboxylic acids is 1. The SMILES string of the molecule is CCCC1CCC(NCC(C)(C)C(N)=O)CC1. The standard InChI is InChI=1S/C14H28N2O/c1-4-5-11-6-8-12(9-7-11)16-10-14(2,3)13(15)17/h11-12,16H,4-10H2,1-3H3,(H2,15,17). The first-order valence-electron chi connectivity index (χ1n) is 6.99. The Morgan fingerprint density at radius 3 is 2.35 bits per heavy atom. The van der Waals surface area contributed by atoms with E-state index in [-0.39, 0.29) is 5.91 Å². The molecule has 1 amide bonds. The van der Waals surface area contributed by atoms with Crippen LogP contribution in [0.1, 0.15) is 59.3 Å². The van der Waals surface area contributed by atoms with Gasteiger partial charge in [-0.3, -0.25) is 4.79 Å². The summed E-state index contributed by atoms with van der Waals surface area (Å²) in [4.78, 5) is 11.2. The Kier molecular flexibility index (Phi) is 5.44. The van der Waals surface area contributed by atoms with E-state index in [0.29, 0.717) is 12.6 Å². The van der Waals surface area contributed by atoms with E-state index in [1.54, 1.807) is 0 Å². The Labute approximate surface area is 106 Å². The molecule has 0 radical (unpaired) electrons. The first-order valence-corrected chi connectivity index (χ1v) is 6.99. The van der Waals surface area contributed by atoms with Crippen molar-refractivity contribution in [3.63, 3.8) is 0 Å². The van der Waals surface area contributed by atoms with Crippen molar-refractivity contribution < 1.29 is 4.79 Å². The highest BCUT2D eigenvalue weighted by molar-refractivity contribution is 5.80. The fraction of sp³-hybridized carbons (Fsp3) is 0.929. The molecule has 3 nitrogen and oxygen atoms in total. The molecule has 0 aromatic heterocycles. The molecule has 3 heteroatoms. The molecule has 0 atom stereocenters. The van der Waals surface area contributed by atoms with E-state index < -0.39 is 5.41 Å². The van der Waals surface area contributed by atoms with Crippen LogP contribution in [0, 0.1) is 11.3 Å². The maximum Gasteiger partial charge on any atom is 0.224 e. The molecule has 0 aromatic carbocycles. The smallest absolute Gasteiger partial charge is 0.224 e. The average molecular weight is 240 g/mol. The molecule has 1 rings (SSSR count). The van der Waals surface area contributed by atoms with Crippen LogP contribution in [0.5, 0.6) is 0 Å². The van der Waals surface area contributed by atoms with Crippen LogP contribution < -0.4 is 11.1 Å². The summed E-state index contributed by atoms with van der Waals surface area (Å²) in [5.41, 5.74) is 4.94. The molecule has 17 heavy (non-hydrogen) atoms. The molecule has 1 aliphatic rings. The van der Waals surface area contributed by atoms with E-state index in [9.17, 15) is 4.79 Å². The van der Waals surface area contributed by atoms with Gasteiger partial charge in [0.15, 0.2) is 0 Å². The number of carbonyl (C=O) groups is 1. The van der Waals surface area contributed by atoms with Gasteiger partial charge in [-0.25, -0.2) is 0 Å². The number of hydrogen-bond donors (Lipinski definition) is 2. The van der Waals surface area contributed by atoms with Gasteiger partial charge in [-0.2, -0.15) is 0 Å². The highest BCUT2D eigenvalue weighted by atomic mass is 16.1. The van der Waals surface area contributed by atoms with Crippen LogP contribution in [0.15, 0.2) is 0 Å². The normalized spacial score (nSPS) is 25.8. The van der Waals surface area contributed by atoms with Crippen LogP contribution in [0.3, 0.4) is 0 Å². The molecule has 0 saturated heterocycles. The number of rotatable bonds is 6. The molecule has 1 aliphatic carbocycles.